The molecule has 1 saturated heterocycles. The summed E-state index contributed by atoms with van der Waals surface area (Å²) in [4.78, 5) is 39.4. The number of aliphatic imine (C=N–C) groups is 1. The van der Waals surface area contributed by atoms with Crippen LogP contribution in [-0.4, -0.2) is 61.0 Å². The number of amides is 1. The van der Waals surface area contributed by atoms with Gasteiger partial charge in [-0.1, -0.05) is 0 Å². The number of hydrogen-bond acceptors (Lipinski definition) is 8. The zero-order valence-electron chi connectivity index (χ0n) is 16.0. The van der Waals surface area contributed by atoms with Gasteiger partial charge >= 0.3 is 5.97 Å². The second-order valence-electron chi connectivity index (χ2n) is 6.60. The first-order valence-electron chi connectivity index (χ1n) is 9.46. The zero-order valence-corrected chi connectivity index (χ0v) is 16.0. The van der Waals surface area contributed by atoms with Gasteiger partial charge in [0.15, 0.2) is 0 Å². The van der Waals surface area contributed by atoms with E-state index in [2.05, 4.69) is 25.2 Å². The lowest BCUT2D eigenvalue weighted by molar-refractivity contribution is -0.115. The number of carbonyl (C=O) groups is 2. The Kier molecular flexibility index (Phi) is 5.48. The van der Waals surface area contributed by atoms with Crippen molar-refractivity contribution in [1.29, 1.82) is 0 Å². The zero-order chi connectivity index (χ0) is 20.2. The number of anilines is 2. The number of nitrogens with one attached hydrogen (secondary N) is 1. The standard InChI is InChI=1S/C20H21N5O4/c1-2-29-20(27)13-9-15-16(19(26)24-18(15)23-10-13)12-21-14-3-4-17(22-11-14)25-5-7-28-8-6-25/h3-4,9-12,16H,2,5-8H2,1H3,(H,23,24,26). The number of fused-ring (bicyclic) bond motifs is 1. The molecule has 2 aliphatic heterocycles. The number of morpholine rings is 1. The maximum Gasteiger partial charge on any atom is 0.339 e. The van der Waals surface area contributed by atoms with Gasteiger partial charge in [-0.2, -0.15) is 0 Å². The molecule has 2 aromatic rings. The highest BCUT2D eigenvalue weighted by molar-refractivity contribution is 6.12. The lowest BCUT2D eigenvalue weighted by Gasteiger charge is -2.27. The summed E-state index contributed by atoms with van der Waals surface area (Å²) in [6, 6.07) is 5.38. The molecule has 150 valence electrons. The maximum atomic E-state index is 12.3. The Balaban J connectivity index is 1.51. The van der Waals surface area contributed by atoms with E-state index < -0.39 is 11.9 Å². The summed E-state index contributed by atoms with van der Waals surface area (Å²) in [6.45, 7) is 5.01. The summed E-state index contributed by atoms with van der Waals surface area (Å²) in [5.41, 5.74) is 1.54. The van der Waals surface area contributed by atoms with Gasteiger partial charge in [0.05, 0.1) is 37.3 Å². The van der Waals surface area contributed by atoms with Gasteiger partial charge in [0, 0.05) is 31.1 Å². The van der Waals surface area contributed by atoms with Crippen molar-refractivity contribution < 1.29 is 19.1 Å². The molecule has 1 N–H and O–H groups in total. The van der Waals surface area contributed by atoms with Crippen molar-refractivity contribution in [3.63, 3.8) is 0 Å². The van der Waals surface area contributed by atoms with Gasteiger partial charge in [-0.15, -0.1) is 0 Å². The van der Waals surface area contributed by atoms with Crippen molar-refractivity contribution in [3.8, 4) is 0 Å². The first-order valence-corrected chi connectivity index (χ1v) is 9.46. The van der Waals surface area contributed by atoms with Crippen LogP contribution >= 0.6 is 0 Å². The molecule has 0 aliphatic carbocycles. The molecule has 0 saturated carbocycles. The van der Waals surface area contributed by atoms with E-state index in [0.717, 1.165) is 18.9 Å². The van der Waals surface area contributed by atoms with Gasteiger partial charge in [-0.05, 0) is 25.1 Å². The molecule has 1 unspecified atom stereocenters. The molecular formula is C20H21N5O4. The molecule has 0 bridgehead atoms. The Morgan fingerprint density at radius 1 is 1.34 bits per heavy atom. The first-order chi connectivity index (χ1) is 14.2. The van der Waals surface area contributed by atoms with Crippen LogP contribution in [0.15, 0.2) is 35.6 Å². The molecule has 2 aromatic heterocycles. The van der Waals surface area contributed by atoms with Crippen molar-refractivity contribution in [2.45, 2.75) is 12.8 Å². The predicted molar refractivity (Wildman–Crippen MR) is 107 cm³/mol. The quantitative estimate of drug-likeness (QED) is 0.609. The van der Waals surface area contributed by atoms with E-state index in [-0.39, 0.29) is 12.5 Å². The smallest absolute Gasteiger partial charge is 0.339 e. The number of pyridine rings is 2. The fourth-order valence-electron chi connectivity index (χ4n) is 3.23. The number of esters is 1. The monoisotopic (exact) mass is 395 g/mol. The highest BCUT2D eigenvalue weighted by atomic mass is 16.5. The van der Waals surface area contributed by atoms with E-state index in [4.69, 9.17) is 9.47 Å². The second kappa shape index (κ2) is 8.36. The van der Waals surface area contributed by atoms with Crippen LogP contribution in [-0.2, 0) is 14.3 Å². The number of ether oxygens (including phenoxy) is 2. The number of carbonyl (C=O) groups excluding carboxylic acids is 2. The normalized spacial score (nSPS) is 18.6. The summed E-state index contributed by atoms with van der Waals surface area (Å²) in [5.74, 6) is -0.0403. The predicted octanol–water partition coefficient (Wildman–Crippen LogP) is 1.93. The van der Waals surface area contributed by atoms with Gasteiger partial charge in [-0.25, -0.2) is 14.8 Å². The van der Waals surface area contributed by atoms with Crippen LogP contribution < -0.4 is 10.2 Å². The highest BCUT2D eigenvalue weighted by Crippen LogP contribution is 2.31. The van der Waals surface area contributed by atoms with E-state index in [9.17, 15) is 9.59 Å². The molecule has 2 aliphatic rings. The molecule has 4 rings (SSSR count). The molecule has 9 heteroatoms. The minimum atomic E-state index is -0.634. The second-order valence-corrected chi connectivity index (χ2v) is 6.60. The average Bonchev–Trinajstić information content (AvgIpc) is 3.07. The van der Waals surface area contributed by atoms with Crippen LogP contribution in [0.25, 0.3) is 0 Å². The molecule has 9 nitrogen and oxygen atoms in total. The van der Waals surface area contributed by atoms with E-state index in [1.54, 1.807) is 25.4 Å². The molecule has 0 spiro atoms. The van der Waals surface area contributed by atoms with Crippen LogP contribution in [0.3, 0.4) is 0 Å². The summed E-state index contributed by atoms with van der Waals surface area (Å²) >= 11 is 0. The molecule has 0 radical (unpaired) electrons. The summed E-state index contributed by atoms with van der Waals surface area (Å²) in [7, 11) is 0. The van der Waals surface area contributed by atoms with Crippen molar-refractivity contribution in [1.82, 2.24) is 9.97 Å². The van der Waals surface area contributed by atoms with Gasteiger partial charge in [0.1, 0.15) is 17.6 Å². The lowest BCUT2D eigenvalue weighted by atomic mass is 10.0. The molecule has 29 heavy (non-hydrogen) atoms. The third-order valence-corrected chi connectivity index (χ3v) is 4.73. The Bertz CT molecular complexity index is 938. The fraction of sp³-hybridized carbons (Fsp3) is 0.350. The Morgan fingerprint density at radius 3 is 2.90 bits per heavy atom. The van der Waals surface area contributed by atoms with Crippen LogP contribution in [0, 0.1) is 0 Å². The van der Waals surface area contributed by atoms with Crippen LogP contribution in [0.4, 0.5) is 17.3 Å². The van der Waals surface area contributed by atoms with Crippen molar-refractivity contribution >= 4 is 35.4 Å². The Labute approximate surface area is 167 Å². The highest BCUT2D eigenvalue weighted by Gasteiger charge is 2.31. The van der Waals surface area contributed by atoms with Crippen LogP contribution in [0.5, 0.6) is 0 Å². The number of aromatic nitrogens is 2. The van der Waals surface area contributed by atoms with Gasteiger partial charge in [0.2, 0.25) is 5.91 Å². The number of hydrogen-bond donors (Lipinski definition) is 1. The van der Waals surface area contributed by atoms with Crippen molar-refractivity contribution in [2.75, 3.05) is 43.1 Å². The van der Waals surface area contributed by atoms with E-state index in [1.165, 1.54) is 6.20 Å². The molecule has 4 heterocycles. The van der Waals surface area contributed by atoms with E-state index >= 15 is 0 Å². The third kappa shape index (κ3) is 4.09. The summed E-state index contributed by atoms with van der Waals surface area (Å²) < 4.78 is 10.4. The Morgan fingerprint density at radius 2 is 2.17 bits per heavy atom. The fourth-order valence-corrected chi connectivity index (χ4v) is 3.23. The SMILES string of the molecule is CCOC(=O)c1cnc2c(c1)C(C=Nc1ccc(N3CCOCC3)nc1)C(=O)N2. The van der Waals surface area contributed by atoms with E-state index in [1.807, 2.05) is 12.1 Å². The largest absolute Gasteiger partial charge is 0.462 e. The molecule has 1 amide bonds. The van der Waals surface area contributed by atoms with Gasteiger partial charge in [0.25, 0.3) is 0 Å². The Hall–Kier alpha value is -3.33. The van der Waals surface area contributed by atoms with Crippen LogP contribution in [0.1, 0.15) is 28.8 Å². The number of nitrogens with zero attached hydrogens (tertiary/aromatic N) is 4. The molecule has 1 atom stereocenters. The van der Waals surface area contributed by atoms with Crippen molar-refractivity contribution in [3.05, 3.63) is 41.7 Å². The summed E-state index contributed by atoms with van der Waals surface area (Å²) in [5, 5.41) is 2.71. The minimum absolute atomic E-state index is 0.241. The minimum Gasteiger partial charge on any atom is -0.462 e. The first kappa shape index (κ1) is 19.0. The van der Waals surface area contributed by atoms with E-state index in [0.29, 0.717) is 35.8 Å². The van der Waals surface area contributed by atoms with Crippen molar-refractivity contribution in [2.24, 2.45) is 4.99 Å². The number of rotatable bonds is 5. The van der Waals surface area contributed by atoms with Gasteiger partial charge in [-0.3, -0.25) is 9.79 Å². The average molecular weight is 395 g/mol. The lowest BCUT2D eigenvalue weighted by Crippen LogP contribution is -2.36. The third-order valence-electron chi connectivity index (χ3n) is 4.73. The topological polar surface area (TPSA) is 106 Å². The van der Waals surface area contributed by atoms with Crippen LogP contribution in [0.2, 0.25) is 0 Å². The molecule has 1 fully saturated rings. The molecule has 0 aromatic carbocycles. The maximum absolute atomic E-state index is 12.3. The summed E-state index contributed by atoms with van der Waals surface area (Å²) in [6.07, 6.45) is 4.61. The molecular weight excluding hydrogens is 374 g/mol. The van der Waals surface area contributed by atoms with Gasteiger partial charge < -0.3 is 19.7 Å².